The molecule has 1 aromatic heterocycles. The number of anilines is 1. The Hall–Kier alpha value is -1.78. The van der Waals surface area contributed by atoms with Crippen LogP contribution in [-0.2, 0) is 7.05 Å². The lowest BCUT2D eigenvalue weighted by molar-refractivity contribution is -0.642. The van der Waals surface area contributed by atoms with Crippen molar-refractivity contribution in [2.24, 2.45) is 7.05 Å². The van der Waals surface area contributed by atoms with Crippen molar-refractivity contribution < 1.29 is 4.57 Å². The summed E-state index contributed by atoms with van der Waals surface area (Å²) in [6.45, 7) is 3.20. The van der Waals surface area contributed by atoms with Gasteiger partial charge in [-0.25, -0.2) is 0 Å². The lowest BCUT2D eigenvalue weighted by Crippen LogP contribution is -2.29. The molecule has 0 spiro atoms. The SMILES string of the molecule is CCN1C(=Cc2sc3ccccc3[n+]2C)Sc2ccccc21. The third-order valence-electron chi connectivity index (χ3n) is 3.97. The molecule has 0 fully saturated rings. The van der Waals surface area contributed by atoms with Gasteiger partial charge in [0.25, 0.3) is 5.01 Å². The predicted octanol–water partition coefficient (Wildman–Crippen LogP) is 4.66. The molecule has 22 heavy (non-hydrogen) atoms. The van der Waals surface area contributed by atoms with Gasteiger partial charge in [-0.15, -0.1) is 0 Å². The Balaban J connectivity index is 1.81. The average molecular weight is 325 g/mol. The fourth-order valence-corrected chi connectivity index (χ4v) is 5.16. The summed E-state index contributed by atoms with van der Waals surface area (Å²) in [5, 5.41) is 2.60. The molecule has 1 aliphatic heterocycles. The summed E-state index contributed by atoms with van der Waals surface area (Å²) in [5.41, 5.74) is 2.62. The van der Waals surface area contributed by atoms with Crippen LogP contribution in [0.3, 0.4) is 0 Å². The number of fused-ring (bicyclic) bond motifs is 2. The van der Waals surface area contributed by atoms with E-state index in [9.17, 15) is 0 Å². The van der Waals surface area contributed by atoms with Crippen LogP contribution < -0.4 is 9.47 Å². The summed E-state index contributed by atoms with van der Waals surface area (Å²) in [4.78, 5) is 3.74. The molecule has 3 aromatic rings. The zero-order chi connectivity index (χ0) is 15.1. The number of para-hydroxylation sites is 2. The van der Waals surface area contributed by atoms with Gasteiger partial charge < -0.3 is 4.90 Å². The van der Waals surface area contributed by atoms with Crippen molar-refractivity contribution in [3.63, 3.8) is 0 Å². The van der Waals surface area contributed by atoms with Crippen LogP contribution in [0.2, 0.25) is 0 Å². The molecular formula is C18H17N2S2+. The first-order valence-electron chi connectivity index (χ1n) is 7.41. The molecule has 0 unspecified atom stereocenters. The minimum atomic E-state index is 0.991. The number of thioether (sulfide) groups is 1. The van der Waals surface area contributed by atoms with E-state index in [0.29, 0.717) is 0 Å². The van der Waals surface area contributed by atoms with Crippen LogP contribution in [0, 0.1) is 0 Å². The van der Waals surface area contributed by atoms with Crippen LogP contribution in [0.25, 0.3) is 16.3 Å². The predicted molar refractivity (Wildman–Crippen MR) is 96.3 cm³/mol. The summed E-state index contributed by atoms with van der Waals surface area (Å²) >= 11 is 3.71. The second-order valence-electron chi connectivity index (χ2n) is 5.26. The van der Waals surface area contributed by atoms with E-state index in [1.54, 1.807) is 0 Å². The molecule has 0 saturated heterocycles. The highest BCUT2D eigenvalue weighted by Crippen LogP contribution is 2.46. The van der Waals surface area contributed by atoms with E-state index in [1.807, 2.05) is 23.1 Å². The summed E-state index contributed by atoms with van der Waals surface area (Å²) in [7, 11) is 2.15. The minimum absolute atomic E-state index is 0.991. The first-order chi connectivity index (χ1) is 10.8. The number of hydrogen-bond donors (Lipinski definition) is 0. The maximum absolute atomic E-state index is 2.39. The maximum atomic E-state index is 2.39. The highest BCUT2D eigenvalue weighted by Gasteiger charge is 2.25. The zero-order valence-electron chi connectivity index (χ0n) is 12.6. The number of benzene rings is 2. The molecular weight excluding hydrogens is 308 g/mol. The molecule has 2 nitrogen and oxygen atoms in total. The molecule has 2 heterocycles. The van der Waals surface area contributed by atoms with Gasteiger partial charge in [0.15, 0.2) is 0 Å². The molecule has 1 aliphatic rings. The molecule has 110 valence electrons. The largest absolute Gasteiger partial charge is 0.335 e. The van der Waals surface area contributed by atoms with Gasteiger partial charge in [-0.1, -0.05) is 47.4 Å². The van der Waals surface area contributed by atoms with Crippen LogP contribution in [0.5, 0.6) is 0 Å². The Morgan fingerprint density at radius 1 is 1.09 bits per heavy atom. The number of thiazole rings is 1. The number of rotatable bonds is 2. The summed E-state index contributed by atoms with van der Waals surface area (Å²) in [6, 6.07) is 17.2. The van der Waals surface area contributed by atoms with Crippen LogP contribution in [0.4, 0.5) is 5.69 Å². The summed E-state index contributed by atoms with van der Waals surface area (Å²) in [5.74, 6) is 0. The van der Waals surface area contributed by atoms with Crippen molar-refractivity contribution in [1.29, 1.82) is 0 Å². The monoisotopic (exact) mass is 325 g/mol. The van der Waals surface area contributed by atoms with Crippen LogP contribution >= 0.6 is 23.1 Å². The van der Waals surface area contributed by atoms with E-state index < -0.39 is 0 Å². The van der Waals surface area contributed by atoms with Gasteiger partial charge in [0.1, 0.15) is 11.7 Å². The lowest BCUT2D eigenvalue weighted by Gasteiger charge is -2.17. The highest BCUT2D eigenvalue weighted by molar-refractivity contribution is 8.03. The van der Waals surface area contributed by atoms with Gasteiger partial charge in [0, 0.05) is 17.5 Å². The molecule has 0 aliphatic carbocycles. The standard InChI is InChI=1S/C18H17N2S2/c1-3-20-14-9-5-7-11-16(14)22-18(20)12-17-19(2)13-8-4-6-10-15(13)21-17/h4-12H,3H2,1-2H3/q+1. The van der Waals surface area contributed by atoms with E-state index in [4.69, 9.17) is 0 Å². The minimum Gasteiger partial charge on any atom is -0.335 e. The van der Waals surface area contributed by atoms with Crippen molar-refractivity contribution in [3.05, 3.63) is 58.6 Å². The summed E-state index contributed by atoms with van der Waals surface area (Å²) < 4.78 is 3.62. The fraction of sp³-hybridized carbons (Fsp3) is 0.167. The molecule has 0 amide bonds. The molecule has 2 aromatic carbocycles. The van der Waals surface area contributed by atoms with E-state index in [1.165, 1.54) is 30.8 Å². The van der Waals surface area contributed by atoms with Crippen LogP contribution in [0.15, 0.2) is 58.5 Å². The average Bonchev–Trinajstić information content (AvgIpc) is 3.06. The van der Waals surface area contributed by atoms with Crippen LogP contribution in [-0.4, -0.2) is 6.54 Å². The van der Waals surface area contributed by atoms with E-state index >= 15 is 0 Å². The maximum Gasteiger partial charge on any atom is 0.265 e. The quantitative estimate of drug-likeness (QED) is 0.633. The van der Waals surface area contributed by atoms with Crippen molar-refractivity contribution >= 4 is 45.1 Å². The summed E-state index contributed by atoms with van der Waals surface area (Å²) in [6.07, 6.45) is 2.32. The van der Waals surface area contributed by atoms with Crippen molar-refractivity contribution in [2.45, 2.75) is 11.8 Å². The van der Waals surface area contributed by atoms with Crippen LogP contribution in [0.1, 0.15) is 11.9 Å². The topological polar surface area (TPSA) is 7.12 Å². The molecule has 0 atom stereocenters. The number of hydrogen-bond acceptors (Lipinski definition) is 3. The molecule has 4 heteroatoms. The first-order valence-corrected chi connectivity index (χ1v) is 9.05. The molecule has 0 saturated carbocycles. The van der Waals surface area contributed by atoms with Crippen molar-refractivity contribution in [1.82, 2.24) is 0 Å². The second kappa shape index (κ2) is 5.45. The van der Waals surface area contributed by atoms with Crippen molar-refractivity contribution in [3.8, 4) is 0 Å². The fourth-order valence-electron chi connectivity index (χ4n) is 2.84. The molecule has 0 bridgehead atoms. The van der Waals surface area contributed by atoms with Gasteiger partial charge in [-0.3, -0.25) is 0 Å². The van der Waals surface area contributed by atoms with Gasteiger partial charge in [-0.2, -0.15) is 4.57 Å². The Morgan fingerprint density at radius 2 is 1.86 bits per heavy atom. The highest BCUT2D eigenvalue weighted by atomic mass is 32.2. The molecule has 4 rings (SSSR count). The Bertz CT molecular complexity index is 880. The van der Waals surface area contributed by atoms with E-state index in [-0.39, 0.29) is 0 Å². The zero-order valence-corrected chi connectivity index (χ0v) is 14.2. The Morgan fingerprint density at radius 3 is 2.68 bits per heavy atom. The van der Waals surface area contributed by atoms with Gasteiger partial charge in [0.05, 0.1) is 16.8 Å². The third-order valence-corrected chi connectivity index (χ3v) is 6.25. The van der Waals surface area contributed by atoms with Gasteiger partial charge in [0.2, 0.25) is 5.52 Å². The number of aromatic nitrogens is 1. The van der Waals surface area contributed by atoms with Gasteiger partial charge >= 0.3 is 0 Å². The van der Waals surface area contributed by atoms with E-state index in [0.717, 1.165) is 6.54 Å². The third kappa shape index (κ3) is 2.14. The smallest absolute Gasteiger partial charge is 0.265 e. The van der Waals surface area contributed by atoms with Gasteiger partial charge in [-0.05, 0) is 25.1 Å². The number of nitrogens with zero attached hydrogens (tertiary/aromatic N) is 2. The van der Waals surface area contributed by atoms with Crippen molar-refractivity contribution in [2.75, 3.05) is 11.4 Å². The van der Waals surface area contributed by atoms with E-state index in [2.05, 4.69) is 78.0 Å². The molecule has 0 N–H and O–H groups in total. The normalized spacial score (nSPS) is 15.7. The Kier molecular flexibility index (Phi) is 3.43. The molecule has 0 radical (unpaired) electrons. The lowest BCUT2D eigenvalue weighted by atomic mass is 10.3. The second-order valence-corrected chi connectivity index (χ2v) is 7.39. The Labute approximate surface area is 138 Å². The number of aryl methyl sites for hydroxylation is 1. The first kappa shape index (κ1) is 13.9.